The standard InChI is InChI=1S/C14H17BrN2S/c1-17(2)11-5-3-4-10(8-11)13(16)9-12-6-7-14(15)18-12/h3-8,13H,9,16H2,1-2H3. The average molecular weight is 325 g/mol. The molecule has 0 spiro atoms. The maximum Gasteiger partial charge on any atom is 0.0701 e. The molecule has 0 aliphatic rings. The van der Waals surface area contributed by atoms with Gasteiger partial charge in [-0.3, -0.25) is 0 Å². The number of nitrogens with two attached hydrogens (primary N) is 1. The van der Waals surface area contributed by atoms with Gasteiger partial charge in [0.25, 0.3) is 0 Å². The van der Waals surface area contributed by atoms with Crippen LogP contribution >= 0.6 is 27.3 Å². The van der Waals surface area contributed by atoms with E-state index < -0.39 is 0 Å². The summed E-state index contributed by atoms with van der Waals surface area (Å²) in [7, 11) is 4.09. The van der Waals surface area contributed by atoms with Crippen molar-refractivity contribution in [3.05, 3.63) is 50.6 Å². The fraction of sp³-hybridized carbons (Fsp3) is 0.286. The molecule has 1 heterocycles. The van der Waals surface area contributed by atoms with Crippen molar-refractivity contribution in [1.82, 2.24) is 0 Å². The first-order chi connectivity index (χ1) is 8.56. The van der Waals surface area contributed by atoms with Gasteiger partial charge < -0.3 is 10.6 Å². The van der Waals surface area contributed by atoms with Crippen LogP contribution in [-0.4, -0.2) is 14.1 Å². The summed E-state index contributed by atoms with van der Waals surface area (Å²) < 4.78 is 1.16. The van der Waals surface area contributed by atoms with Crippen LogP contribution in [0.1, 0.15) is 16.5 Å². The van der Waals surface area contributed by atoms with E-state index in [4.69, 9.17) is 5.73 Å². The van der Waals surface area contributed by atoms with Gasteiger partial charge >= 0.3 is 0 Å². The normalized spacial score (nSPS) is 12.4. The van der Waals surface area contributed by atoms with E-state index in [0.29, 0.717) is 0 Å². The Kier molecular flexibility index (Phi) is 4.43. The third-order valence-corrected chi connectivity index (χ3v) is 4.51. The van der Waals surface area contributed by atoms with Gasteiger partial charge in [-0.25, -0.2) is 0 Å². The second kappa shape index (κ2) is 5.87. The van der Waals surface area contributed by atoms with Gasteiger partial charge in [-0.15, -0.1) is 11.3 Å². The Bertz CT molecular complexity index is 522. The number of nitrogens with zero attached hydrogens (tertiary/aromatic N) is 1. The molecule has 0 saturated heterocycles. The summed E-state index contributed by atoms with van der Waals surface area (Å²) in [5.74, 6) is 0. The van der Waals surface area contributed by atoms with Crippen molar-refractivity contribution in [2.75, 3.05) is 19.0 Å². The van der Waals surface area contributed by atoms with Crippen LogP contribution < -0.4 is 10.6 Å². The van der Waals surface area contributed by atoms with Crippen LogP contribution in [0.25, 0.3) is 0 Å². The lowest BCUT2D eigenvalue weighted by Crippen LogP contribution is -2.14. The van der Waals surface area contributed by atoms with Crippen LogP contribution in [-0.2, 0) is 6.42 Å². The van der Waals surface area contributed by atoms with Crippen LogP contribution in [0, 0.1) is 0 Å². The van der Waals surface area contributed by atoms with Gasteiger partial charge in [0.15, 0.2) is 0 Å². The molecule has 0 bridgehead atoms. The first kappa shape index (κ1) is 13.6. The molecule has 2 N–H and O–H groups in total. The van der Waals surface area contributed by atoms with Crippen LogP contribution in [0.4, 0.5) is 5.69 Å². The Morgan fingerprint density at radius 1 is 1.28 bits per heavy atom. The summed E-state index contributed by atoms with van der Waals surface area (Å²) in [4.78, 5) is 3.41. The van der Waals surface area contributed by atoms with Crippen molar-refractivity contribution < 1.29 is 0 Å². The third-order valence-electron chi connectivity index (χ3n) is 2.86. The van der Waals surface area contributed by atoms with Crippen LogP contribution in [0.2, 0.25) is 0 Å². The predicted molar refractivity (Wildman–Crippen MR) is 83.4 cm³/mol. The van der Waals surface area contributed by atoms with E-state index in [1.807, 2.05) is 14.1 Å². The Hall–Kier alpha value is -0.840. The van der Waals surface area contributed by atoms with E-state index in [2.05, 4.69) is 57.2 Å². The molecule has 2 nitrogen and oxygen atoms in total. The molecule has 2 aromatic rings. The molecular formula is C14H17BrN2S. The highest BCUT2D eigenvalue weighted by molar-refractivity contribution is 9.11. The first-order valence-electron chi connectivity index (χ1n) is 5.83. The van der Waals surface area contributed by atoms with Crippen molar-refractivity contribution in [1.29, 1.82) is 0 Å². The molecule has 0 radical (unpaired) electrons. The van der Waals surface area contributed by atoms with Crippen molar-refractivity contribution in [2.24, 2.45) is 5.73 Å². The molecule has 0 saturated carbocycles. The van der Waals surface area contributed by atoms with Gasteiger partial charge in [-0.05, 0) is 45.8 Å². The quantitative estimate of drug-likeness (QED) is 0.926. The van der Waals surface area contributed by atoms with Gasteiger partial charge in [0.1, 0.15) is 0 Å². The minimum Gasteiger partial charge on any atom is -0.378 e. The monoisotopic (exact) mass is 324 g/mol. The molecule has 18 heavy (non-hydrogen) atoms. The predicted octanol–water partition coefficient (Wildman–Crippen LogP) is 3.82. The van der Waals surface area contributed by atoms with Crippen molar-refractivity contribution >= 4 is 33.0 Å². The van der Waals surface area contributed by atoms with Crippen LogP contribution in [0.15, 0.2) is 40.2 Å². The molecule has 0 aliphatic carbocycles. The fourth-order valence-corrected chi connectivity index (χ4v) is 3.37. The first-order valence-corrected chi connectivity index (χ1v) is 7.44. The molecule has 2 rings (SSSR count). The molecule has 0 amide bonds. The second-order valence-electron chi connectivity index (χ2n) is 4.51. The van der Waals surface area contributed by atoms with E-state index >= 15 is 0 Å². The highest BCUT2D eigenvalue weighted by atomic mass is 79.9. The smallest absolute Gasteiger partial charge is 0.0701 e. The molecule has 0 aliphatic heterocycles. The van der Waals surface area contributed by atoms with E-state index in [1.165, 1.54) is 16.1 Å². The lowest BCUT2D eigenvalue weighted by Gasteiger charge is -2.16. The van der Waals surface area contributed by atoms with Crippen molar-refractivity contribution in [2.45, 2.75) is 12.5 Å². The van der Waals surface area contributed by atoms with E-state index in [1.54, 1.807) is 11.3 Å². The molecule has 1 atom stereocenters. The van der Waals surface area contributed by atoms with Gasteiger partial charge in [0.2, 0.25) is 0 Å². The molecule has 1 aromatic carbocycles. The second-order valence-corrected chi connectivity index (χ2v) is 7.05. The number of halogens is 1. The number of hydrogen-bond acceptors (Lipinski definition) is 3. The summed E-state index contributed by atoms with van der Waals surface area (Å²) >= 11 is 5.23. The summed E-state index contributed by atoms with van der Waals surface area (Å²) in [6.07, 6.45) is 0.882. The zero-order chi connectivity index (χ0) is 13.1. The largest absolute Gasteiger partial charge is 0.378 e. The maximum absolute atomic E-state index is 6.28. The average Bonchev–Trinajstić information content (AvgIpc) is 2.75. The topological polar surface area (TPSA) is 29.3 Å². The lowest BCUT2D eigenvalue weighted by molar-refractivity contribution is 0.730. The molecular weight excluding hydrogens is 308 g/mol. The Balaban J connectivity index is 2.13. The van der Waals surface area contributed by atoms with Gasteiger partial charge in [-0.1, -0.05) is 12.1 Å². The number of thiophene rings is 1. The van der Waals surface area contributed by atoms with E-state index in [9.17, 15) is 0 Å². The number of rotatable bonds is 4. The highest BCUT2D eigenvalue weighted by Gasteiger charge is 2.09. The van der Waals surface area contributed by atoms with Crippen molar-refractivity contribution in [3.8, 4) is 0 Å². The summed E-state index contributed by atoms with van der Waals surface area (Å²) in [6, 6.07) is 12.7. The molecule has 1 aromatic heterocycles. The number of anilines is 1. The summed E-state index contributed by atoms with van der Waals surface area (Å²) in [6.45, 7) is 0. The molecule has 4 heteroatoms. The van der Waals surface area contributed by atoms with E-state index in [-0.39, 0.29) is 6.04 Å². The zero-order valence-corrected chi connectivity index (χ0v) is 13.0. The van der Waals surface area contributed by atoms with Gasteiger partial charge in [0, 0.05) is 37.1 Å². The lowest BCUT2D eigenvalue weighted by atomic mass is 10.0. The summed E-state index contributed by atoms with van der Waals surface area (Å²) in [5, 5.41) is 0. The van der Waals surface area contributed by atoms with Gasteiger partial charge in [0.05, 0.1) is 3.79 Å². The Morgan fingerprint density at radius 3 is 2.67 bits per heavy atom. The highest BCUT2D eigenvalue weighted by Crippen LogP contribution is 2.27. The van der Waals surface area contributed by atoms with E-state index in [0.717, 1.165) is 10.2 Å². The maximum atomic E-state index is 6.28. The molecule has 96 valence electrons. The fourth-order valence-electron chi connectivity index (χ4n) is 1.83. The molecule has 1 unspecified atom stereocenters. The zero-order valence-electron chi connectivity index (χ0n) is 10.6. The minimum absolute atomic E-state index is 0.0513. The SMILES string of the molecule is CN(C)c1cccc(C(N)Cc2ccc(Br)s2)c1. The Morgan fingerprint density at radius 2 is 2.06 bits per heavy atom. The van der Waals surface area contributed by atoms with Crippen LogP contribution in [0.3, 0.4) is 0 Å². The molecule has 0 fully saturated rings. The number of benzene rings is 1. The third kappa shape index (κ3) is 3.34. The summed E-state index contributed by atoms with van der Waals surface area (Å²) in [5.41, 5.74) is 8.65. The Labute approximate surface area is 121 Å². The van der Waals surface area contributed by atoms with Crippen molar-refractivity contribution in [3.63, 3.8) is 0 Å². The van der Waals surface area contributed by atoms with Gasteiger partial charge in [-0.2, -0.15) is 0 Å². The number of hydrogen-bond donors (Lipinski definition) is 1. The minimum atomic E-state index is 0.0513. The van der Waals surface area contributed by atoms with Crippen LogP contribution in [0.5, 0.6) is 0 Å².